The Morgan fingerprint density at radius 1 is 1.30 bits per heavy atom. The summed E-state index contributed by atoms with van der Waals surface area (Å²) in [5.74, 6) is -2.36. The molecule has 0 fully saturated rings. The molecule has 0 aliphatic heterocycles. The van der Waals surface area contributed by atoms with E-state index in [-0.39, 0.29) is 22.4 Å². The first-order valence-electron chi connectivity index (χ1n) is 8.18. The summed E-state index contributed by atoms with van der Waals surface area (Å²) in [7, 11) is 1.99. The van der Waals surface area contributed by atoms with Crippen molar-refractivity contribution >= 4 is 24.9 Å². The summed E-state index contributed by atoms with van der Waals surface area (Å²) in [6, 6.07) is 2.51. The monoisotopic (exact) mass is 380 g/mol. The second-order valence-electron chi connectivity index (χ2n) is 6.73. The van der Waals surface area contributed by atoms with Crippen LogP contribution in [-0.2, 0) is 16.0 Å². The molecular formula is C17H21BF2N3O4. The van der Waals surface area contributed by atoms with Crippen LogP contribution in [0.5, 0.6) is 0 Å². The Kier molecular flexibility index (Phi) is 6.56. The number of anilines is 1. The molecule has 145 valence electrons. The van der Waals surface area contributed by atoms with Crippen LogP contribution in [0.3, 0.4) is 0 Å². The maximum Gasteiger partial charge on any atom is 0.413 e. The number of nitrogens with one attached hydrogen (secondary N) is 1. The summed E-state index contributed by atoms with van der Waals surface area (Å²) < 4.78 is 40.1. The molecule has 0 bridgehead atoms. The summed E-state index contributed by atoms with van der Waals surface area (Å²) in [5, 5.41) is 15.6. The van der Waals surface area contributed by atoms with Crippen molar-refractivity contribution < 1.29 is 28.1 Å². The fourth-order valence-corrected chi connectivity index (χ4v) is 2.28. The number of carbonyl (C=O) groups is 1. The van der Waals surface area contributed by atoms with E-state index in [0.717, 1.165) is 0 Å². The zero-order valence-electron chi connectivity index (χ0n) is 15.5. The highest BCUT2D eigenvalue weighted by atomic mass is 19.2. The Bertz CT molecular complexity index is 821. The lowest BCUT2D eigenvalue weighted by Crippen LogP contribution is -2.27. The third-order valence-electron chi connectivity index (χ3n) is 3.45. The van der Waals surface area contributed by atoms with Crippen LogP contribution >= 0.6 is 0 Å². The minimum atomic E-state index is -1.21. The molecule has 1 aromatic carbocycles. The predicted molar refractivity (Wildman–Crippen MR) is 96.9 cm³/mol. The number of methoxy groups -OCH3 is 1. The van der Waals surface area contributed by atoms with E-state index in [9.17, 15) is 13.6 Å². The molecule has 0 saturated carbocycles. The van der Waals surface area contributed by atoms with E-state index in [1.807, 2.05) is 0 Å². The smallest absolute Gasteiger partial charge is 0.413 e. The van der Waals surface area contributed by atoms with Crippen LogP contribution in [0.4, 0.5) is 19.4 Å². The highest BCUT2D eigenvalue weighted by molar-refractivity contribution is 6.45. The molecule has 2 rings (SSSR count). The van der Waals surface area contributed by atoms with Crippen molar-refractivity contribution in [1.82, 2.24) is 9.78 Å². The van der Waals surface area contributed by atoms with Crippen molar-refractivity contribution in [2.75, 3.05) is 19.0 Å². The molecule has 7 nitrogen and oxygen atoms in total. The van der Waals surface area contributed by atoms with Gasteiger partial charge in [-0.1, -0.05) is 12.1 Å². The van der Waals surface area contributed by atoms with Crippen molar-refractivity contribution in [1.29, 1.82) is 0 Å². The average Bonchev–Trinajstić information content (AvgIpc) is 2.96. The number of hydrogen-bond acceptors (Lipinski definition) is 5. The third kappa shape index (κ3) is 5.27. The van der Waals surface area contributed by atoms with Gasteiger partial charge in [0.05, 0.1) is 13.2 Å². The van der Waals surface area contributed by atoms with Gasteiger partial charge in [0.15, 0.2) is 17.5 Å². The molecule has 0 spiro atoms. The molecule has 27 heavy (non-hydrogen) atoms. The number of aromatic nitrogens is 2. The summed E-state index contributed by atoms with van der Waals surface area (Å²) in [5.41, 5.74) is -0.978. The lowest BCUT2D eigenvalue weighted by atomic mass is 9.86. The van der Waals surface area contributed by atoms with Gasteiger partial charge < -0.3 is 14.5 Å². The van der Waals surface area contributed by atoms with Crippen LogP contribution < -0.4 is 10.8 Å². The van der Waals surface area contributed by atoms with Crippen molar-refractivity contribution in [3.8, 4) is 11.1 Å². The summed E-state index contributed by atoms with van der Waals surface area (Å²) in [6.07, 6.45) is 0.688. The maximum absolute atomic E-state index is 14.5. The number of carbonyl (C=O) groups excluding carboxylic acids is 1. The molecule has 0 aliphatic rings. The maximum atomic E-state index is 14.5. The standard InChI is InChI=1S/C17H21BF2N3O4/c1-17(2,3)27-16(24)21-15-11(9-23(22-15)7-8-26-4)10-5-6-12(18-25)14(20)13(10)19/h5-6,9,25H,7-8H2,1-4H3,(H,21,22,24). The molecule has 0 unspecified atom stereocenters. The minimum absolute atomic E-state index is 0.0133. The van der Waals surface area contributed by atoms with E-state index in [4.69, 9.17) is 14.5 Å². The van der Waals surface area contributed by atoms with Gasteiger partial charge in [-0.15, -0.1) is 0 Å². The van der Waals surface area contributed by atoms with Crippen LogP contribution in [0.15, 0.2) is 18.3 Å². The second-order valence-corrected chi connectivity index (χ2v) is 6.73. The molecule has 0 atom stereocenters. The number of hydrogen-bond donors (Lipinski definition) is 2. The summed E-state index contributed by atoms with van der Waals surface area (Å²) >= 11 is 0. The van der Waals surface area contributed by atoms with Gasteiger partial charge >= 0.3 is 13.6 Å². The summed E-state index contributed by atoms with van der Waals surface area (Å²) in [6.45, 7) is 5.77. The van der Waals surface area contributed by atoms with E-state index in [0.29, 0.717) is 20.6 Å². The molecule has 10 heteroatoms. The van der Waals surface area contributed by atoms with Crippen LogP contribution in [-0.4, -0.2) is 47.7 Å². The van der Waals surface area contributed by atoms with Gasteiger partial charge in [0.25, 0.3) is 0 Å². The normalized spacial score (nSPS) is 11.4. The van der Waals surface area contributed by atoms with Gasteiger partial charge in [-0.25, -0.2) is 13.6 Å². The lowest BCUT2D eigenvalue weighted by Gasteiger charge is -2.19. The molecule has 0 saturated heterocycles. The number of nitrogens with zero attached hydrogens (tertiary/aromatic N) is 2. The van der Waals surface area contributed by atoms with Gasteiger partial charge in [-0.3, -0.25) is 10.00 Å². The Hall–Kier alpha value is -2.46. The molecule has 1 radical (unpaired) electrons. The topological polar surface area (TPSA) is 85.6 Å². The van der Waals surface area contributed by atoms with Crippen molar-refractivity contribution in [2.45, 2.75) is 32.9 Å². The number of ether oxygens (including phenoxy) is 2. The van der Waals surface area contributed by atoms with Gasteiger partial charge in [0.1, 0.15) is 5.60 Å². The first kappa shape index (κ1) is 20.9. The molecule has 1 amide bonds. The van der Waals surface area contributed by atoms with E-state index in [1.54, 1.807) is 20.8 Å². The zero-order valence-corrected chi connectivity index (χ0v) is 15.5. The van der Waals surface area contributed by atoms with Crippen molar-refractivity contribution in [3.05, 3.63) is 30.0 Å². The molecule has 2 N–H and O–H groups in total. The highest BCUT2D eigenvalue weighted by Crippen LogP contribution is 2.30. The molecule has 0 aliphatic carbocycles. The first-order chi connectivity index (χ1) is 12.7. The van der Waals surface area contributed by atoms with Gasteiger partial charge in [0, 0.05) is 24.4 Å². The van der Waals surface area contributed by atoms with Crippen molar-refractivity contribution in [3.63, 3.8) is 0 Å². The minimum Gasteiger partial charge on any atom is -0.450 e. The van der Waals surface area contributed by atoms with Gasteiger partial charge in [0.2, 0.25) is 0 Å². The second kappa shape index (κ2) is 8.49. The molecular weight excluding hydrogens is 359 g/mol. The van der Waals surface area contributed by atoms with Gasteiger partial charge in [-0.05, 0) is 26.2 Å². The average molecular weight is 380 g/mol. The van der Waals surface area contributed by atoms with Crippen LogP contribution in [0.2, 0.25) is 0 Å². The number of amides is 1. The Balaban J connectivity index is 2.43. The fraction of sp³-hybridized carbons (Fsp3) is 0.412. The third-order valence-corrected chi connectivity index (χ3v) is 3.45. The van der Waals surface area contributed by atoms with Gasteiger partial charge in [-0.2, -0.15) is 5.10 Å². The number of benzene rings is 1. The van der Waals surface area contributed by atoms with Crippen molar-refractivity contribution in [2.24, 2.45) is 0 Å². The Morgan fingerprint density at radius 2 is 2.00 bits per heavy atom. The Labute approximate surface area is 156 Å². The SMILES string of the molecule is COCCn1cc(-c2ccc([B]O)c(F)c2F)c(NC(=O)OC(C)(C)C)n1. The van der Waals surface area contributed by atoms with Crippen LogP contribution in [0.25, 0.3) is 11.1 Å². The lowest BCUT2D eigenvalue weighted by molar-refractivity contribution is 0.0635. The van der Waals surface area contributed by atoms with E-state index >= 15 is 0 Å². The Morgan fingerprint density at radius 3 is 2.59 bits per heavy atom. The predicted octanol–water partition coefficient (Wildman–Crippen LogP) is 2.06. The molecule has 1 aromatic heterocycles. The highest BCUT2D eigenvalue weighted by Gasteiger charge is 2.23. The van der Waals surface area contributed by atoms with Crippen LogP contribution in [0, 0.1) is 11.6 Å². The summed E-state index contributed by atoms with van der Waals surface area (Å²) in [4.78, 5) is 12.1. The van der Waals surface area contributed by atoms with E-state index in [2.05, 4.69) is 10.4 Å². The largest absolute Gasteiger partial charge is 0.450 e. The van der Waals surface area contributed by atoms with Crippen LogP contribution in [0.1, 0.15) is 20.8 Å². The number of halogens is 2. The number of rotatable bonds is 6. The quantitative estimate of drug-likeness (QED) is 0.750. The zero-order chi connectivity index (χ0) is 20.2. The van der Waals surface area contributed by atoms with E-state index in [1.165, 1.54) is 30.1 Å². The molecule has 2 aromatic rings. The van der Waals surface area contributed by atoms with E-state index < -0.39 is 23.3 Å². The molecule has 1 heterocycles. The first-order valence-corrected chi connectivity index (χ1v) is 8.18. The fourth-order valence-electron chi connectivity index (χ4n) is 2.28.